The van der Waals surface area contributed by atoms with Crippen LogP contribution in [0.4, 0.5) is 17.1 Å². The number of ether oxygens (including phenoxy) is 1. The number of carbonyl (C=O) groups is 2. The largest absolute Gasteiger partial charge is 0.462 e. The summed E-state index contributed by atoms with van der Waals surface area (Å²) >= 11 is 0. The number of hydrogen-bond acceptors (Lipinski definition) is 7. The van der Waals surface area contributed by atoms with Crippen LogP contribution in [0.3, 0.4) is 0 Å². The number of nitrogens with one attached hydrogen (secondary N) is 1. The molecule has 8 nitrogen and oxygen atoms in total. The number of amides is 1. The zero-order valence-corrected chi connectivity index (χ0v) is 23.9. The molecule has 0 atom stereocenters. The number of anilines is 3. The predicted molar refractivity (Wildman–Crippen MR) is 165 cm³/mol. The summed E-state index contributed by atoms with van der Waals surface area (Å²) in [7, 11) is 0. The lowest BCUT2D eigenvalue weighted by Gasteiger charge is -2.36. The lowest BCUT2D eigenvalue weighted by atomic mass is 10.0. The van der Waals surface area contributed by atoms with E-state index in [1.807, 2.05) is 24.3 Å². The van der Waals surface area contributed by atoms with Crippen molar-refractivity contribution in [1.82, 2.24) is 9.88 Å². The van der Waals surface area contributed by atoms with Crippen LogP contribution in [0, 0.1) is 6.92 Å². The second-order valence-electron chi connectivity index (χ2n) is 10.3. The van der Waals surface area contributed by atoms with Crippen molar-refractivity contribution in [2.45, 2.75) is 33.7 Å². The minimum atomic E-state index is -0.504. The summed E-state index contributed by atoms with van der Waals surface area (Å²) in [6.07, 6.45) is 1.04. The number of esters is 1. The lowest BCUT2D eigenvalue weighted by molar-refractivity contribution is 0.0526. The van der Waals surface area contributed by atoms with Gasteiger partial charge >= 0.3 is 5.97 Å². The molecular weight excluding hydrogens is 514 g/mol. The van der Waals surface area contributed by atoms with E-state index >= 15 is 0 Å². The van der Waals surface area contributed by atoms with Crippen LogP contribution in [-0.4, -0.2) is 54.5 Å². The molecule has 0 bridgehead atoms. The van der Waals surface area contributed by atoms with E-state index < -0.39 is 5.97 Å². The molecule has 41 heavy (non-hydrogen) atoms. The van der Waals surface area contributed by atoms with Crippen molar-refractivity contribution in [3.63, 3.8) is 0 Å². The van der Waals surface area contributed by atoms with Gasteiger partial charge in [-0.15, -0.1) is 0 Å². The molecule has 1 aliphatic rings. The van der Waals surface area contributed by atoms with Gasteiger partial charge in [0.1, 0.15) is 5.56 Å². The summed E-state index contributed by atoms with van der Waals surface area (Å²) in [4.78, 5) is 35.3. The first-order valence-corrected chi connectivity index (χ1v) is 14.2. The molecule has 0 saturated carbocycles. The number of rotatable bonds is 8. The molecule has 8 heteroatoms. The second-order valence-corrected chi connectivity index (χ2v) is 10.3. The molecule has 1 aromatic heterocycles. The number of fused-ring (bicyclic) bond motifs is 1. The maximum atomic E-state index is 13.4. The highest BCUT2D eigenvalue weighted by atomic mass is 16.5. The molecule has 2 heterocycles. The number of benzene rings is 3. The molecule has 3 aromatic carbocycles. The van der Waals surface area contributed by atoms with Crippen molar-refractivity contribution in [1.29, 1.82) is 0 Å². The molecule has 1 amide bonds. The third-order valence-corrected chi connectivity index (χ3v) is 7.68. The number of nitrogens with zero attached hydrogens (tertiary/aromatic N) is 3. The Hall–Kier alpha value is -4.43. The van der Waals surface area contributed by atoms with E-state index in [0.29, 0.717) is 40.1 Å². The highest BCUT2D eigenvalue weighted by Gasteiger charge is 2.21. The van der Waals surface area contributed by atoms with Gasteiger partial charge in [-0.05, 0) is 67.8 Å². The molecule has 0 aliphatic carbocycles. The zero-order chi connectivity index (χ0) is 28.9. The van der Waals surface area contributed by atoms with Crippen LogP contribution in [0.25, 0.3) is 10.9 Å². The smallest absolute Gasteiger partial charge is 0.342 e. The SMILES string of the molecule is CCOC(=O)c1c(C)nc2ccc(NC(=O)c3ccccc3CN3CCN(c4ccc(CC)cc4)CC3)cc2c1N. The van der Waals surface area contributed by atoms with Crippen LogP contribution < -0.4 is 16.0 Å². The average Bonchev–Trinajstić information content (AvgIpc) is 2.98. The number of aryl methyl sites for hydroxylation is 2. The first kappa shape index (κ1) is 28.1. The van der Waals surface area contributed by atoms with Crippen molar-refractivity contribution in [3.05, 3.63) is 94.7 Å². The van der Waals surface area contributed by atoms with Gasteiger partial charge in [0.05, 0.1) is 23.5 Å². The van der Waals surface area contributed by atoms with Gasteiger partial charge in [-0.2, -0.15) is 0 Å². The van der Waals surface area contributed by atoms with Gasteiger partial charge in [0.15, 0.2) is 0 Å². The number of nitrogen functional groups attached to an aromatic ring is 1. The van der Waals surface area contributed by atoms with E-state index in [0.717, 1.165) is 38.2 Å². The molecule has 1 saturated heterocycles. The normalized spacial score (nSPS) is 13.8. The van der Waals surface area contributed by atoms with Gasteiger partial charge in [0.2, 0.25) is 0 Å². The molecule has 0 spiro atoms. The van der Waals surface area contributed by atoms with E-state index in [1.54, 1.807) is 32.0 Å². The van der Waals surface area contributed by atoms with Crippen molar-refractivity contribution in [3.8, 4) is 0 Å². The maximum absolute atomic E-state index is 13.4. The monoisotopic (exact) mass is 551 g/mol. The summed E-state index contributed by atoms with van der Waals surface area (Å²) in [5.41, 5.74) is 12.9. The van der Waals surface area contributed by atoms with Crippen LogP contribution in [0.2, 0.25) is 0 Å². The Balaban J connectivity index is 1.28. The summed E-state index contributed by atoms with van der Waals surface area (Å²) < 4.78 is 5.17. The molecule has 1 aliphatic heterocycles. The Morgan fingerprint density at radius 3 is 2.41 bits per heavy atom. The average molecular weight is 552 g/mol. The number of nitrogens with two attached hydrogens (primary N) is 1. The minimum Gasteiger partial charge on any atom is -0.462 e. The highest BCUT2D eigenvalue weighted by molar-refractivity contribution is 6.09. The van der Waals surface area contributed by atoms with E-state index in [-0.39, 0.29) is 18.1 Å². The van der Waals surface area contributed by atoms with Crippen molar-refractivity contribution in [2.24, 2.45) is 0 Å². The summed E-state index contributed by atoms with van der Waals surface area (Å²) in [5, 5.41) is 3.61. The van der Waals surface area contributed by atoms with Gasteiger partial charge in [0.25, 0.3) is 5.91 Å². The molecule has 0 unspecified atom stereocenters. The van der Waals surface area contributed by atoms with Crippen LogP contribution in [-0.2, 0) is 17.7 Å². The van der Waals surface area contributed by atoms with Crippen LogP contribution in [0.1, 0.15) is 51.4 Å². The molecular formula is C33H37N5O3. The van der Waals surface area contributed by atoms with Crippen molar-refractivity contribution in [2.75, 3.05) is 48.7 Å². The first-order chi connectivity index (χ1) is 19.9. The van der Waals surface area contributed by atoms with Gasteiger partial charge in [-0.1, -0.05) is 37.3 Å². The van der Waals surface area contributed by atoms with Crippen LogP contribution in [0.5, 0.6) is 0 Å². The minimum absolute atomic E-state index is 0.196. The topological polar surface area (TPSA) is 101 Å². The van der Waals surface area contributed by atoms with Gasteiger partial charge in [-0.3, -0.25) is 14.7 Å². The Morgan fingerprint density at radius 1 is 0.976 bits per heavy atom. The summed E-state index contributed by atoms with van der Waals surface area (Å²) in [6, 6.07) is 21.9. The highest BCUT2D eigenvalue weighted by Crippen LogP contribution is 2.29. The Kier molecular flexibility index (Phi) is 8.50. The Labute approximate surface area is 241 Å². The maximum Gasteiger partial charge on any atom is 0.342 e. The van der Waals surface area contributed by atoms with Crippen molar-refractivity contribution < 1.29 is 14.3 Å². The lowest BCUT2D eigenvalue weighted by Crippen LogP contribution is -2.46. The number of pyridine rings is 1. The zero-order valence-electron chi connectivity index (χ0n) is 23.9. The van der Waals surface area contributed by atoms with Crippen LogP contribution >= 0.6 is 0 Å². The van der Waals surface area contributed by atoms with Crippen LogP contribution in [0.15, 0.2) is 66.7 Å². The summed E-state index contributed by atoms with van der Waals surface area (Å²) in [6.45, 7) is 10.3. The summed E-state index contributed by atoms with van der Waals surface area (Å²) in [5.74, 6) is -0.700. The Morgan fingerprint density at radius 2 is 1.71 bits per heavy atom. The van der Waals surface area contributed by atoms with Crippen molar-refractivity contribution >= 4 is 39.8 Å². The third kappa shape index (κ3) is 6.18. The quantitative estimate of drug-likeness (QED) is 0.281. The number of hydrogen-bond donors (Lipinski definition) is 2. The second kappa shape index (κ2) is 12.4. The standard InChI is InChI=1S/C33H37N5O3/c1-4-23-10-13-26(14-11-23)38-18-16-37(17-19-38)21-24-8-6-7-9-27(24)32(39)36-25-12-15-29-28(20-25)31(34)30(22(3)35-29)33(40)41-5-2/h6-15,20H,4-5,16-19,21H2,1-3H3,(H2,34,35)(H,36,39). The molecule has 212 valence electrons. The van der Waals surface area contributed by atoms with E-state index in [4.69, 9.17) is 10.5 Å². The molecule has 5 rings (SSSR count). The van der Waals surface area contributed by atoms with E-state index in [9.17, 15) is 9.59 Å². The third-order valence-electron chi connectivity index (χ3n) is 7.68. The molecule has 1 fully saturated rings. The van der Waals surface area contributed by atoms with Gasteiger partial charge in [-0.25, -0.2) is 4.79 Å². The number of piperazine rings is 1. The van der Waals surface area contributed by atoms with E-state index in [1.165, 1.54) is 11.3 Å². The molecule has 3 N–H and O–H groups in total. The van der Waals surface area contributed by atoms with Gasteiger partial charge in [0, 0.05) is 55.0 Å². The first-order valence-electron chi connectivity index (χ1n) is 14.2. The fourth-order valence-corrected chi connectivity index (χ4v) is 5.38. The fourth-order valence-electron chi connectivity index (χ4n) is 5.38. The molecule has 0 radical (unpaired) electrons. The Bertz CT molecular complexity index is 1560. The molecule has 4 aromatic rings. The van der Waals surface area contributed by atoms with Gasteiger partial charge < -0.3 is 20.7 Å². The van der Waals surface area contributed by atoms with E-state index in [2.05, 4.69) is 51.3 Å². The number of carbonyl (C=O) groups excluding carboxylic acids is 2. The fraction of sp³-hybridized carbons (Fsp3) is 0.303. The number of aromatic nitrogens is 1. The predicted octanol–water partition coefficient (Wildman–Crippen LogP) is 5.44.